The Kier molecular flexibility index (Phi) is 2.91. The standard InChI is InChI=1S/C13H13NO3S/c15-9-1-3-11(4-2-9)18-6-5-10-8-14-12(16)7-13(14)17-10/h1-5,13,15H,6-8H2/t13-/m1/s1. The topological polar surface area (TPSA) is 49.8 Å². The van der Waals surface area contributed by atoms with Gasteiger partial charge in [-0.2, -0.15) is 0 Å². The minimum Gasteiger partial charge on any atom is -0.508 e. The number of phenols is 1. The molecule has 3 rings (SSSR count). The fraction of sp³-hybridized carbons (Fsp3) is 0.308. The van der Waals surface area contributed by atoms with Crippen LogP contribution in [0, 0.1) is 0 Å². The first-order valence-corrected chi connectivity index (χ1v) is 6.78. The number of carbonyl (C=O) groups excluding carboxylic acids is 1. The van der Waals surface area contributed by atoms with Gasteiger partial charge < -0.3 is 9.84 Å². The van der Waals surface area contributed by atoms with Crippen LogP contribution in [-0.4, -0.2) is 34.4 Å². The highest BCUT2D eigenvalue weighted by Gasteiger charge is 2.43. The molecule has 18 heavy (non-hydrogen) atoms. The fourth-order valence-electron chi connectivity index (χ4n) is 1.99. The predicted molar refractivity (Wildman–Crippen MR) is 68.1 cm³/mol. The minimum absolute atomic E-state index is 0.0116. The maximum absolute atomic E-state index is 11.2. The minimum atomic E-state index is -0.0116. The third-order valence-corrected chi connectivity index (χ3v) is 3.97. The van der Waals surface area contributed by atoms with E-state index in [2.05, 4.69) is 0 Å². The van der Waals surface area contributed by atoms with Gasteiger partial charge in [-0.1, -0.05) is 0 Å². The van der Waals surface area contributed by atoms with Gasteiger partial charge in [0.15, 0.2) is 6.23 Å². The van der Waals surface area contributed by atoms with Crippen molar-refractivity contribution in [2.75, 3.05) is 12.3 Å². The molecule has 2 fully saturated rings. The van der Waals surface area contributed by atoms with Gasteiger partial charge in [0.2, 0.25) is 5.91 Å². The highest BCUT2D eigenvalue weighted by atomic mass is 32.2. The second-order valence-corrected chi connectivity index (χ2v) is 5.37. The fourth-order valence-corrected chi connectivity index (χ4v) is 2.78. The van der Waals surface area contributed by atoms with Gasteiger partial charge in [-0.25, -0.2) is 0 Å². The molecule has 2 heterocycles. The van der Waals surface area contributed by atoms with Crippen LogP contribution in [0.2, 0.25) is 0 Å². The highest BCUT2D eigenvalue weighted by molar-refractivity contribution is 7.99. The normalized spacial score (nSPS) is 23.8. The summed E-state index contributed by atoms with van der Waals surface area (Å²) >= 11 is 1.67. The number of phenolic OH excluding ortho intramolecular Hbond substituents is 1. The summed E-state index contributed by atoms with van der Waals surface area (Å²) in [7, 11) is 0. The van der Waals surface area contributed by atoms with Crippen LogP contribution in [0.1, 0.15) is 6.42 Å². The summed E-state index contributed by atoms with van der Waals surface area (Å²) in [5, 5.41) is 9.17. The summed E-state index contributed by atoms with van der Waals surface area (Å²) in [6.45, 7) is 0.611. The van der Waals surface area contributed by atoms with Crippen molar-refractivity contribution in [2.24, 2.45) is 0 Å². The number of rotatable bonds is 3. The maximum atomic E-state index is 11.2. The lowest BCUT2D eigenvalue weighted by Crippen LogP contribution is -2.48. The summed E-state index contributed by atoms with van der Waals surface area (Å²) in [4.78, 5) is 14.0. The van der Waals surface area contributed by atoms with Gasteiger partial charge in [0, 0.05) is 10.6 Å². The van der Waals surface area contributed by atoms with E-state index in [1.807, 2.05) is 18.2 Å². The number of nitrogens with zero attached hydrogens (tertiary/aromatic N) is 1. The molecule has 1 aromatic carbocycles. The highest BCUT2D eigenvalue weighted by Crippen LogP contribution is 2.31. The molecule has 2 aliphatic rings. The van der Waals surface area contributed by atoms with Crippen molar-refractivity contribution in [1.82, 2.24) is 4.90 Å². The van der Waals surface area contributed by atoms with E-state index in [0.717, 1.165) is 16.4 Å². The van der Waals surface area contributed by atoms with Crippen LogP contribution in [0.15, 0.2) is 41.0 Å². The molecular weight excluding hydrogens is 250 g/mol. The number of amides is 1. The molecule has 0 aliphatic carbocycles. The van der Waals surface area contributed by atoms with E-state index in [0.29, 0.717) is 13.0 Å². The number of benzene rings is 1. The molecular formula is C13H13NO3S. The number of thioether (sulfide) groups is 1. The Hall–Kier alpha value is -1.62. The molecule has 1 aromatic rings. The molecule has 0 bridgehead atoms. The second kappa shape index (κ2) is 4.57. The lowest BCUT2D eigenvalue weighted by Gasteiger charge is -2.30. The Morgan fingerprint density at radius 3 is 2.89 bits per heavy atom. The average Bonchev–Trinajstić information content (AvgIpc) is 2.69. The first-order valence-electron chi connectivity index (χ1n) is 5.79. The van der Waals surface area contributed by atoms with Crippen molar-refractivity contribution in [3.63, 3.8) is 0 Å². The average molecular weight is 263 g/mol. The van der Waals surface area contributed by atoms with Gasteiger partial charge in [0.05, 0.1) is 13.0 Å². The van der Waals surface area contributed by atoms with Gasteiger partial charge in [-0.05, 0) is 30.3 Å². The number of ether oxygens (including phenoxy) is 1. The zero-order valence-electron chi connectivity index (χ0n) is 9.70. The van der Waals surface area contributed by atoms with Gasteiger partial charge >= 0.3 is 0 Å². The van der Waals surface area contributed by atoms with E-state index in [4.69, 9.17) is 9.84 Å². The quantitative estimate of drug-likeness (QED) is 0.669. The van der Waals surface area contributed by atoms with Crippen molar-refractivity contribution in [3.8, 4) is 5.75 Å². The van der Waals surface area contributed by atoms with Gasteiger partial charge in [-0.15, -0.1) is 11.8 Å². The van der Waals surface area contributed by atoms with E-state index >= 15 is 0 Å². The maximum Gasteiger partial charge on any atom is 0.231 e. The summed E-state index contributed by atoms with van der Waals surface area (Å²) in [6.07, 6.45) is 2.52. The Bertz CT molecular complexity index is 497. The van der Waals surface area contributed by atoms with Crippen molar-refractivity contribution >= 4 is 17.7 Å². The van der Waals surface area contributed by atoms with Crippen LogP contribution in [0.3, 0.4) is 0 Å². The lowest BCUT2D eigenvalue weighted by molar-refractivity contribution is -0.154. The summed E-state index contributed by atoms with van der Waals surface area (Å²) in [5.74, 6) is 2.14. The lowest BCUT2D eigenvalue weighted by atomic mass is 10.2. The summed E-state index contributed by atoms with van der Waals surface area (Å²) in [5.41, 5.74) is 0. The first kappa shape index (κ1) is 11.5. The van der Waals surface area contributed by atoms with E-state index in [9.17, 15) is 4.79 Å². The molecule has 0 unspecified atom stereocenters. The van der Waals surface area contributed by atoms with Gasteiger partial charge in [0.1, 0.15) is 11.5 Å². The largest absolute Gasteiger partial charge is 0.508 e. The number of hydrogen-bond acceptors (Lipinski definition) is 4. The van der Waals surface area contributed by atoms with Crippen molar-refractivity contribution in [3.05, 3.63) is 36.1 Å². The van der Waals surface area contributed by atoms with E-state index in [1.54, 1.807) is 28.8 Å². The summed E-state index contributed by atoms with van der Waals surface area (Å²) < 4.78 is 5.60. The third kappa shape index (κ3) is 2.18. The molecule has 2 saturated heterocycles. The number of carbonyl (C=O) groups is 1. The molecule has 0 radical (unpaired) electrons. The number of hydrogen-bond donors (Lipinski definition) is 1. The van der Waals surface area contributed by atoms with Crippen molar-refractivity contribution in [1.29, 1.82) is 0 Å². The molecule has 4 nitrogen and oxygen atoms in total. The second-order valence-electron chi connectivity index (χ2n) is 4.27. The van der Waals surface area contributed by atoms with Crippen LogP contribution >= 0.6 is 11.8 Å². The van der Waals surface area contributed by atoms with Crippen molar-refractivity contribution in [2.45, 2.75) is 17.5 Å². The smallest absolute Gasteiger partial charge is 0.231 e. The molecule has 0 aromatic heterocycles. The molecule has 0 saturated carbocycles. The van der Waals surface area contributed by atoms with E-state index < -0.39 is 0 Å². The molecule has 0 spiro atoms. The molecule has 1 N–H and O–H groups in total. The van der Waals surface area contributed by atoms with Crippen LogP contribution in [-0.2, 0) is 9.53 Å². The number of fused-ring (bicyclic) bond motifs is 1. The van der Waals surface area contributed by atoms with Crippen LogP contribution in [0.25, 0.3) is 0 Å². The van der Waals surface area contributed by atoms with E-state index in [-0.39, 0.29) is 17.9 Å². The summed E-state index contributed by atoms with van der Waals surface area (Å²) in [6, 6.07) is 7.10. The van der Waals surface area contributed by atoms with Gasteiger partial charge in [0.25, 0.3) is 0 Å². The predicted octanol–water partition coefficient (Wildman–Crippen LogP) is 1.96. The van der Waals surface area contributed by atoms with Crippen LogP contribution < -0.4 is 0 Å². The zero-order chi connectivity index (χ0) is 12.5. The molecule has 1 amide bonds. The van der Waals surface area contributed by atoms with E-state index in [1.165, 1.54) is 0 Å². The number of aromatic hydroxyl groups is 1. The Morgan fingerprint density at radius 2 is 2.22 bits per heavy atom. The molecule has 2 aliphatic heterocycles. The molecule has 94 valence electrons. The third-order valence-electron chi connectivity index (χ3n) is 3.03. The first-order chi connectivity index (χ1) is 8.72. The Morgan fingerprint density at radius 1 is 1.44 bits per heavy atom. The van der Waals surface area contributed by atoms with Gasteiger partial charge in [-0.3, -0.25) is 9.69 Å². The van der Waals surface area contributed by atoms with Crippen molar-refractivity contribution < 1.29 is 14.6 Å². The Labute approximate surface area is 109 Å². The monoisotopic (exact) mass is 263 g/mol. The zero-order valence-corrected chi connectivity index (χ0v) is 10.5. The Balaban J connectivity index is 1.52. The molecule has 1 atom stereocenters. The van der Waals surface area contributed by atoms with Crippen LogP contribution in [0.4, 0.5) is 0 Å². The van der Waals surface area contributed by atoms with Crippen LogP contribution in [0.5, 0.6) is 5.75 Å². The molecule has 5 heteroatoms. The number of β-lactam (4-membered cyclic amide) rings is 1. The SMILES string of the molecule is O=C1C[C@H]2OC(=CCSc3ccc(O)cc3)CN12.